The third kappa shape index (κ3) is 3.50. The number of nitriles is 1. The van der Waals surface area contributed by atoms with E-state index in [2.05, 4.69) is 0 Å². The fourth-order valence-electron chi connectivity index (χ4n) is 1.58. The summed E-state index contributed by atoms with van der Waals surface area (Å²) in [6, 6.07) is 1.59. The molecular weight excluding hydrogens is 196 g/mol. The van der Waals surface area contributed by atoms with Crippen LogP contribution in [0, 0.1) is 11.3 Å². The Hall–Kier alpha value is -1.12. The molecule has 1 aliphatic heterocycles. The van der Waals surface area contributed by atoms with Gasteiger partial charge >= 0.3 is 5.97 Å². The Labute approximate surface area is 89.6 Å². The van der Waals surface area contributed by atoms with E-state index >= 15 is 0 Å². The molecule has 1 heterocycles. The van der Waals surface area contributed by atoms with E-state index < -0.39 is 6.04 Å². The van der Waals surface area contributed by atoms with Crippen molar-refractivity contribution in [1.29, 1.82) is 5.26 Å². The van der Waals surface area contributed by atoms with Crippen molar-refractivity contribution in [3.63, 3.8) is 0 Å². The SMILES string of the molecule is CCOC(=O)C(CC#N)N1CCOCC1. The van der Waals surface area contributed by atoms with E-state index in [-0.39, 0.29) is 12.4 Å². The lowest BCUT2D eigenvalue weighted by Crippen LogP contribution is -2.47. The van der Waals surface area contributed by atoms with Gasteiger partial charge in [-0.2, -0.15) is 5.26 Å². The zero-order valence-electron chi connectivity index (χ0n) is 8.94. The maximum Gasteiger partial charge on any atom is 0.324 e. The van der Waals surface area contributed by atoms with Crippen LogP contribution in [0.4, 0.5) is 0 Å². The molecule has 15 heavy (non-hydrogen) atoms. The van der Waals surface area contributed by atoms with Crippen LogP contribution >= 0.6 is 0 Å². The Morgan fingerprint density at radius 1 is 1.60 bits per heavy atom. The van der Waals surface area contributed by atoms with E-state index in [1.807, 2.05) is 11.0 Å². The number of rotatable bonds is 4. The van der Waals surface area contributed by atoms with Gasteiger partial charge in [-0.25, -0.2) is 0 Å². The smallest absolute Gasteiger partial charge is 0.324 e. The molecule has 1 atom stereocenters. The normalized spacial score (nSPS) is 19.2. The molecule has 0 aromatic heterocycles. The first-order valence-corrected chi connectivity index (χ1v) is 5.15. The molecule has 0 spiro atoms. The molecule has 1 aliphatic rings. The number of hydrogen-bond donors (Lipinski definition) is 0. The standard InChI is InChI=1S/C10H16N2O3/c1-2-15-10(13)9(3-4-11)12-5-7-14-8-6-12/h9H,2-3,5-8H2,1H3. The molecule has 0 aromatic carbocycles. The van der Waals surface area contributed by atoms with Gasteiger partial charge in [0, 0.05) is 13.1 Å². The summed E-state index contributed by atoms with van der Waals surface area (Å²) in [6.07, 6.45) is 0.179. The number of carbonyl (C=O) groups is 1. The molecule has 1 saturated heterocycles. The van der Waals surface area contributed by atoms with Gasteiger partial charge < -0.3 is 9.47 Å². The van der Waals surface area contributed by atoms with Gasteiger partial charge in [0.15, 0.2) is 0 Å². The summed E-state index contributed by atoms with van der Waals surface area (Å²) in [5, 5.41) is 8.67. The van der Waals surface area contributed by atoms with Crippen molar-refractivity contribution in [2.24, 2.45) is 0 Å². The van der Waals surface area contributed by atoms with E-state index in [9.17, 15) is 4.79 Å². The van der Waals surface area contributed by atoms with E-state index in [1.54, 1.807) is 6.92 Å². The van der Waals surface area contributed by atoms with Crippen molar-refractivity contribution in [3.05, 3.63) is 0 Å². The molecule has 84 valence electrons. The highest BCUT2D eigenvalue weighted by Gasteiger charge is 2.28. The summed E-state index contributed by atoms with van der Waals surface area (Å²) in [6.45, 7) is 4.71. The number of carbonyl (C=O) groups excluding carboxylic acids is 1. The Bertz CT molecular complexity index is 244. The highest BCUT2D eigenvalue weighted by Crippen LogP contribution is 2.09. The minimum Gasteiger partial charge on any atom is -0.465 e. The molecule has 0 radical (unpaired) electrons. The summed E-state index contributed by atoms with van der Waals surface area (Å²) in [5.41, 5.74) is 0. The predicted molar refractivity (Wildman–Crippen MR) is 53.0 cm³/mol. The van der Waals surface area contributed by atoms with Crippen LogP contribution < -0.4 is 0 Å². The molecule has 5 heteroatoms. The third-order valence-electron chi connectivity index (χ3n) is 2.33. The molecule has 1 unspecified atom stereocenters. The second-order valence-electron chi connectivity index (χ2n) is 3.28. The lowest BCUT2D eigenvalue weighted by molar-refractivity contribution is -0.151. The van der Waals surface area contributed by atoms with Gasteiger partial charge in [0.2, 0.25) is 0 Å². The summed E-state index contributed by atoms with van der Waals surface area (Å²) in [7, 11) is 0. The Morgan fingerprint density at radius 2 is 2.27 bits per heavy atom. The zero-order chi connectivity index (χ0) is 11.1. The fraction of sp³-hybridized carbons (Fsp3) is 0.800. The van der Waals surface area contributed by atoms with Crippen LogP contribution in [0.5, 0.6) is 0 Å². The van der Waals surface area contributed by atoms with Crippen LogP contribution in [0.2, 0.25) is 0 Å². The average molecular weight is 212 g/mol. The van der Waals surface area contributed by atoms with Gasteiger partial charge in [0.25, 0.3) is 0 Å². The lowest BCUT2D eigenvalue weighted by Gasteiger charge is -2.31. The van der Waals surface area contributed by atoms with Gasteiger partial charge in [0.05, 0.1) is 32.3 Å². The quantitative estimate of drug-likeness (QED) is 0.621. The highest BCUT2D eigenvalue weighted by atomic mass is 16.5. The lowest BCUT2D eigenvalue weighted by atomic mass is 10.2. The number of esters is 1. The molecule has 0 saturated carbocycles. The zero-order valence-corrected chi connectivity index (χ0v) is 8.94. The topological polar surface area (TPSA) is 62.6 Å². The van der Waals surface area contributed by atoms with Gasteiger partial charge in [-0.1, -0.05) is 0 Å². The number of ether oxygens (including phenoxy) is 2. The third-order valence-corrected chi connectivity index (χ3v) is 2.33. The van der Waals surface area contributed by atoms with E-state index in [0.29, 0.717) is 32.9 Å². The second-order valence-corrected chi connectivity index (χ2v) is 3.28. The van der Waals surface area contributed by atoms with Gasteiger partial charge in [0.1, 0.15) is 6.04 Å². The van der Waals surface area contributed by atoms with Gasteiger partial charge in [-0.05, 0) is 6.92 Å². The summed E-state index contributed by atoms with van der Waals surface area (Å²) in [4.78, 5) is 13.5. The molecule has 0 bridgehead atoms. The first kappa shape index (κ1) is 12.0. The van der Waals surface area contributed by atoms with Crippen LogP contribution in [-0.4, -0.2) is 49.8 Å². The minimum atomic E-state index is -0.432. The molecular formula is C10H16N2O3. The van der Waals surface area contributed by atoms with Crippen molar-refractivity contribution in [2.75, 3.05) is 32.9 Å². The van der Waals surface area contributed by atoms with Crippen molar-refractivity contribution < 1.29 is 14.3 Å². The largest absolute Gasteiger partial charge is 0.465 e. The van der Waals surface area contributed by atoms with E-state index in [4.69, 9.17) is 14.7 Å². The van der Waals surface area contributed by atoms with Crippen LogP contribution in [0.25, 0.3) is 0 Å². The molecule has 0 aliphatic carbocycles. The highest BCUT2D eigenvalue weighted by molar-refractivity contribution is 5.76. The molecule has 5 nitrogen and oxygen atoms in total. The summed E-state index contributed by atoms with van der Waals surface area (Å²) in [5.74, 6) is -0.305. The first-order chi connectivity index (χ1) is 7.29. The predicted octanol–water partition coefficient (Wildman–Crippen LogP) is 0.164. The van der Waals surface area contributed by atoms with Crippen LogP contribution in [0.1, 0.15) is 13.3 Å². The van der Waals surface area contributed by atoms with Gasteiger partial charge in [-0.3, -0.25) is 9.69 Å². The minimum absolute atomic E-state index is 0.179. The van der Waals surface area contributed by atoms with Crippen molar-refractivity contribution in [2.45, 2.75) is 19.4 Å². The van der Waals surface area contributed by atoms with Crippen molar-refractivity contribution in [3.8, 4) is 6.07 Å². The second kappa shape index (κ2) is 6.38. The van der Waals surface area contributed by atoms with Crippen molar-refractivity contribution >= 4 is 5.97 Å². The molecule has 1 fully saturated rings. The molecule has 0 amide bonds. The van der Waals surface area contributed by atoms with E-state index in [0.717, 1.165) is 0 Å². The van der Waals surface area contributed by atoms with Gasteiger partial charge in [-0.15, -0.1) is 0 Å². The average Bonchev–Trinajstić information content (AvgIpc) is 2.27. The van der Waals surface area contributed by atoms with E-state index in [1.165, 1.54) is 0 Å². The number of hydrogen-bond acceptors (Lipinski definition) is 5. The summed E-state index contributed by atoms with van der Waals surface area (Å²) >= 11 is 0. The van der Waals surface area contributed by atoms with Crippen LogP contribution in [0.3, 0.4) is 0 Å². The maximum atomic E-state index is 11.6. The molecule has 1 rings (SSSR count). The van der Waals surface area contributed by atoms with Crippen molar-refractivity contribution in [1.82, 2.24) is 4.90 Å². The Balaban J connectivity index is 2.55. The molecule has 0 N–H and O–H groups in total. The van der Waals surface area contributed by atoms with Crippen LogP contribution in [-0.2, 0) is 14.3 Å². The fourth-order valence-corrected chi connectivity index (χ4v) is 1.58. The monoisotopic (exact) mass is 212 g/mol. The van der Waals surface area contributed by atoms with Crippen LogP contribution in [0.15, 0.2) is 0 Å². The molecule has 0 aromatic rings. The Kier molecular flexibility index (Phi) is 5.08. The Morgan fingerprint density at radius 3 is 2.80 bits per heavy atom. The first-order valence-electron chi connectivity index (χ1n) is 5.15. The number of nitrogens with zero attached hydrogens (tertiary/aromatic N) is 2. The maximum absolute atomic E-state index is 11.6. The number of morpholine rings is 1. The summed E-state index contributed by atoms with van der Waals surface area (Å²) < 4.78 is 10.1.